The molecule has 0 saturated heterocycles. The number of rotatable bonds is 11. The smallest absolute Gasteiger partial charge is 0.261 e. The Morgan fingerprint density at radius 1 is 1.06 bits per heavy atom. The van der Waals surface area contributed by atoms with E-state index in [1.54, 1.807) is 36.4 Å². The maximum Gasteiger partial charge on any atom is 0.261 e. The van der Waals surface area contributed by atoms with Gasteiger partial charge in [0.05, 0.1) is 0 Å². The third kappa shape index (κ3) is 7.56. The number of carbonyl (C=O) groups excluding carboxylic acids is 2. The standard InChI is InChI=1S/C29H32ClFN2O3/c1-4-21(3)32-29(35)27(17-22-10-6-5-7-11-22)33(18-23-12-8-9-13-26(23)31)28(34)19-36-24-14-15-25(30)20(2)16-24/h5-16,21,27H,4,17-19H2,1-3H3,(H,32,35)/t21-,27-/m0/s1. The molecule has 2 atom stereocenters. The van der Waals surface area contributed by atoms with Crippen molar-refractivity contribution in [2.24, 2.45) is 0 Å². The lowest BCUT2D eigenvalue weighted by Gasteiger charge is -2.32. The first kappa shape index (κ1) is 27.2. The maximum atomic E-state index is 14.6. The summed E-state index contributed by atoms with van der Waals surface area (Å²) in [4.78, 5) is 28.4. The zero-order valence-electron chi connectivity index (χ0n) is 20.8. The fourth-order valence-electron chi connectivity index (χ4n) is 3.74. The summed E-state index contributed by atoms with van der Waals surface area (Å²) < 4.78 is 20.4. The molecule has 0 aromatic heterocycles. The van der Waals surface area contributed by atoms with Crippen LogP contribution < -0.4 is 10.1 Å². The van der Waals surface area contributed by atoms with E-state index in [1.165, 1.54) is 11.0 Å². The molecule has 0 aliphatic rings. The Hall–Kier alpha value is -3.38. The minimum Gasteiger partial charge on any atom is -0.484 e. The van der Waals surface area contributed by atoms with Crippen LogP contribution in [0.3, 0.4) is 0 Å². The first-order chi connectivity index (χ1) is 17.3. The SMILES string of the molecule is CC[C@H](C)NC(=O)[C@H](Cc1ccccc1)N(Cc1ccccc1F)C(=O)COc1ccc(Cl)c(C)c1. The predicted molar refractivity (Wildman–Crippen MR) is 140 cm³/mol. The molecule has 190 valence electrons. The molecule has 0 aliphatic carbocycles. The number of nitrogens with one attached hydrogen (secondary N) is 1. The van der Waals surface area contributed by atoms with Gasteiger partial charge in [-0.05, 0) is 55.7 Å². The summed E-state index contributed by atoms with van der Waals surface area (Å²) in [7, 11) is 0. The van der Waals surface area contributed by atoms with Crippen LogP contribution in [0.25, 0.3) is 0 Å². The third-order valence-corrected chi connectivity index (χ3v) is 6.49. The zero-order chi connectivity index (χ0) is 26.1. The summed E-state index contributed by atoms with van der Waals surface area (Å²) in [6, 6.07) is 19.9. The van der Waals surface area contributed by atoms with Crippen molar-refractivity contribution in [1.82, 2.24) is 10.2 Å². The summed E-state index contributed by atoms with van der Waals surface area (Å²) in [6.07, 6.45) is 1.02. The Morgan fingerprint density at radius 2 is 1.75 bits per heavy atom. The van der Waals surface area contributed by atoms with Gasteiger partial charge in [0.2, 0.25) is 5.91 Å². The summed E-state index contributed by atoms with van der Waals surface area (Å²) in [5, 5.41) is 3.59. The highest BCUT2D eigenvalue weighted by atomic mass is 35.5. The average molecular weight is 511 g/mol. The topological polar surface area (TPSA) is 58.6 Å². The summed E-state index contributed by atoms with van der Waals surface area (Å²) in [6.45, 7) is 5.35. The molecule has 3 aromatic carbocycles. The normalized spacial score (nSPS) is 12.5. The number of halogens is 2. The maximum absolute atomic E-state index is 14.6. The van der Waals surface area contributed by atoms with Gasteiger partial charge in [0.15, 0.2) is 6.61 Å². The van der Waals surface area contributed by atoms with E-state index in [1.807, 2.05) is 51.1 Å². The van der Waals surface area contributed by atoms with Crippen molar-refractivity contribution in [1.29, 1.82) is 0 Å². The molecule has 1 N–H and O–H groups in total. The van der Waals surface area contributed by atoms with Crippen LogP contribution in [0.2, 0.25) is 5.02 Å². The third-order valence-electron chi connectivity index (χ3n) is 6.06. The van der Waals surface area contributed by atoms with E-state index >= 15 is 0 Å². The molecule has 0 heterocycles. The lowest BCUT2D eigenvalue weighted by Crippen LogP contribution is -2.53. The van der Waals surface area contributed by atoms with E-state index in [4.69, 9.17) is 16.3 Å². The van der Waals surface area contributed by atoms with Crippen LogP contribution in [0.1, 0.15) is 37.0 Å². The van der Waals surface area contributed by atoms with E-state index in [0.717, 1.165) is 17.5 Å². The second-order valence-electron chi connectivity index (χ2n) is 8.84. The highest BCUT2D eigenvalue weighted by Gasteiger charge is 2.31. The number of amides is 2. The van der Waals surface area contributed by atoms with Crippen LogP contribution in [0.15, 0.2) is 72.8 Å². The fraction of sp³-hybridized carbons (Fsp3) is 0.310. The molecule has 0 saturated carbocycles. The lowest BCUT2D eigenvalue weighted by atomic mass is 10.0. The van der Waals surface area contributed by atoms with Gasteiger partial charge in [0.25, 0.3) is 5.91 Å². The van der Waals surface area contributed by atoms with Crippen molar-refractivity contribution in [2.45, 2.75) is 52.2 Å². The Labute approximate surface area is 217 Å². The van der Waals surface area contributed by atoms with Crippen molar-refractivity contribution < 1.29 is 18.7 Å². The first-order valence-corrected chi connectivity index (χ1v) is 12.4. The molecule has 0 bridgehead atoms. The highest BCUT2D eigenvalue weighted by molar-refractivity contribution is 6.31. The Balaban J connectivity index is 1.92. The molecular weight excluding hydrogens is 479 g/mol. The summed E-state index contributed by atoms with van der Waals surface area (Å²) in [5.41, 5.74) is 2.03. The van der Waals surface area contributed by atoms with Crippen molar-refractivity contribution >= 4 is 23.4 Å². The minimum atomic E-state index is -0.857. The number of hydrogen-bond donors (Lipinski definition) is 1. The van der Waals surface area contributed by atoms with Gasteiger partial charge >= 0.3 is 0 Å². The number of nitrogens with zero attached hydrogens (tertiary/aromatic N) is 1. The van der Waals surface area contributed by atoms with Crippen LogP contribution in [-0.4, -0.2) is 35.4 Å². The number of aryl methyl sites for hydroxylation is 1. The van der Waals surface area contributed by atoms with Crippen molar-refractivity contribution in [3.8, 4) is 5.75 Å². The van der Waals surface area contributed by atoms with Gasteiger partial charge in [-0.1, -0.05) is 67.1 Å². The molecule has 5 nitrogen and oxygen atoms in total. The molecule has 0 spiro atoms. The van der Waals surface area contributed by atoms with Crippen LogP contribution in [-0.2, 0) is 22.6 Å². The van der Waals surface area contributed by atoms with E-state index in [2.05, 4.69) is 5.32 Å². The van der Waals surface area contributed by atoms with Crippen molar-refractivity contribution in [3.05, 3.63) is 100 Å². The number of carbonyl (C=O) groups is 2. The Morgan fingerprint density at radius 3 is 2.42 bits per heavy atom. The largest absolute Gasteiger partial charge is 0.484 e. The van der Waals surface area contributed by atoms with Gasteiger partial charge in [-0.2, -0.15) is 0 Å². The number of hydrogen-bond acceptors (Lipinski definition) is 3. The lowest BCUT2D eigenvalue weighted by molar-refractivity contribution is -0.143. The van der Waals surface area contributed by atoms with Crippen LogP contribution in [0, 0.1) is 12.7 Å². The highest BCUT2D eigenvalue weighted by Crippen LogP contribution is 2.22. The zero-order valence-corrected chi connectivity index (χ0v) is 21.6. The quantitative estimate of drug-likeness (QED) is 0.359. The van der Waals surface area contributed by atoms with Gasteiger partial charge in [0.1, 0.15) is 17.6 Å². The van der Waals surface area contributed by atoms with Gasteiger partial charge in [-0.25, -0.2) is 4.39 Å². The molecule has 0 radical (unpaired) electrons. The van der Waals surface area contributed by atoms with Gasteiger partial charge in [0, 0.05) is 29.6 Å². The predicted octanol–water partition coefficient (Wildman–Crippen LogP) is 5.72. The molecule has 0 unspecified atom stereocenters. The summed E-state index contributed by atoms with van der Waals surface area (Å²) in [5.74, 6) is -0.670. The average Bonchev–Trinajstić information content (AvgIpc) is 2.88. The monoisotopic (exact) mass is 510 g/mol. The van der Waals surface area contributed by atoms with Crippen molar-refractivity contribution in [2.75, 3.05) is 6.61 Å². The molecule has 7 heteroatoms. The Bertz CT molecular complexity index is 1170. The van der Waals surface area contributed by atoms with Crippen LogP contribution in [0.4, 0.5) is 4.39 Å². The molecular formula is C29H32ClFN2O3. The number of ether oxygens (including phenoxy) is 1. The molecule has 0 aliphatic heterocycles. The second-order valence-corrected chi connectivity index (χ2v) is 9.24. The minimum absolute atomic E-state index is 0.0695. The first-order valence-electron chi connectivity index (χ1n) is 12.0. The van der Waals surface area contributed by atoms with E-state index in [9.17, 15) is 14.0 Å². The van der Waals surface area contributed by atoms with Gasteiger partial charge in [-0.15, -0.1) is 0 Å². The van der Waals surface area contributed by atoms with Gasteiger partial charge < -0.3 is 15.0 Å². The molecule has 2 amide bonds. The van der Waals surface area contributed by atoms with E-state index < -0.39 is 17.8 Å². The second kappa shape index (κ2) is 13.1. The molecule has 3 aromatic rings. The van der Waals surface area contributed by atoms with E-state index in [-0.39, 0.29) is 31.5 Å². The van der Waals surface area contributed by atoms with Gasteiger partial charge in [-0.3, -0.25) is 9.59 Å². The van der Waals surface area contributed by atoms with Crippen LogP contribution in [0.5, 0.6) is 5.75 Å². The molecule has 0 fully saturated rings. The van der Waals surface area contributed by atoms with Crippen LogP contribution >= 0.6 is 11.6 Å². The summed E-state index contributed by atoms with van der Waals surface area (Å²) >= 11 is 6.10. The number of benzene rings is 3. The Kier molecular flexibility index (Phi) is 9.88. The van der Waals surface area contributed by atoms with Crippen molar-refractivity contribution in [3.63, 3.8) is 0 Å². The molecule has 36 heavy (non-hydrogen) atoms. The fourth-order valence-corrected chi connectivity index (χ4v) is 3.86. The molecule has 3 rings (SSSR count). The van der Waals surface area contributed by atoms with E-state index in [0.29, 0.717) is 16.3 Å².